The van der Waals surface area contributed by atoms with E-state index < -0.39 is 60.6 Å². The number of carbonyl (C=O) groups excluding carboxylic acids is 5. The Morgan fingerprint density at radius 3 is 1.92 bits per heavy atom. The van der Waals surface area contributed by atoms with E-state index in [9.17, 15) is 37.3 Å². The van der Waals surface area contributed by atoms with E-state index >= 15 is 0 Å². The summed E-state index contributed by atoms with van der Waals surface area (Å²) in [7, 11) is -5.84. The Bertz CT molecular complexity index is 1790. The van der Waals surface area contributed by atoms with E-state index in [-0.39, 0.29) is 37.3 Å². The summed E-state index contributed by atoms with van der Waals surface area (Å²) in [6.07, 6.45) is 0.641. The molecule has 3 atom stereocenters. The van der Waals surface area contributed by atoms with Gasteiger partial charge in [0.2, 0.25) is 23.6 Å². The van der Waals surface area contributed by atoms with Crippen LogP contribution in [-0.4, -0.2) is 64.0 Å². The zero-order valence-electron chi connectivity index (χ0n) is 28.4. The fraction of sp³-hybridized carbons (Fsp3) is 0.343. The topological polar surface area (TPSA) is 217 Å². The minimum Gasteiger partial charge on any atom is -0.368 e. The molecule has 5 amide bonds. The Morgan fingerprint density at radius 2 is 1.38 bits per heavy atom. The number of unbranched alkanes of at least 4 members (excludes halogenated alkanes) is 1. The second kappa shape index (κ2) is 18.8. The molecule has 0 saturated carbocycles. The number of hydrogen-bond donors (Lipinski definition) is 7. The third-order valence-electron chi connectivity index (χ3n) is 8.02. The average molecular weight is 809 g/mol. The fourth-order valence-corrected chi connectivity index (χ4v) is 5.96. The molecular formula is C35H41BrF2N5O8P. The first-order valence-electron chi connectivity index (χ1n) is 16.2. The van der Waals surface area contributed by atoms with E-state index in [0.717, 1.165) is 34.3 Å². The quantitative estimate of drug-likeness (QED) is 0.0746. The van der Waals surface area contributed by atoms with Gasteiger partial charge < -0.3 is 36.8 Å². The highest BCUT2D eigenvalue weighted by atomic mass is 79.9. The minimum atomic E-state index is -5.84. The molecule has 0 aliphatic rings. The van der Waals surface area contributed by atoms with Crippen LogP contribution in [0.25, 0.3) is 0 Å². The summed E-state index contributed by atoms with van der Waals surface area (Å²) in [5.74, 6) is -3.27. The largest absolute Gasteiger partial charge is 0.399 e. The van der Waals surface area contributed by atoms with E-state index in [1.165, 1.54) is 6.92 Å². The van der Waals surface area contributed by atoms with Gasteiger partial charge in [-0.1, -0.05) is 76.6 Å². The number of carbonyl (C=O) groups is 5. The van der Waals surface area contributed by atoms with E-state index in [1.807, 2.05) is 6.92 Å². The third-order valence-corrected chi connectivity index (χ3v) is 9.86. The summed E-state index contributed by atoms with van der Waals surface area (Å²) in [5, 5.41) is 10.4. The maximum atomic E-state index is 14.3. The number of primary amides is 1. The van der Waals surface area contributed by atoms with Gasteiger partial charge in [-0.2, -0.15) is 8.78 Å². The van der Waals surface area contributed by atoms with Crippen molar-refractivity contribution in [2.24, 2.45) is 5.73 Å². The molecule has 0 radical (unpaired) electrons. The van der Waals surface area contributed by atoms with Crippen molar-refractivity contribution in [2.75, 3.05) is 6.54 Å². The predicted octanol–water partition coefficient (Wildman–Crippen LogP) is 3.33. The molecule has 3 rings (SSSR count). The zero-order chi connectivity index (χ0) is 38.6. The summed E-state index contributed by atoms with van der Waals surface area (Å²) in [5.41, 5.74) is 2.52. The van der Waals surface area contributed by atoms with E-state index in [4.69, 9.17) is 15.5 Å². The summed E-state index contributed by atoms with van der Waals surface area (Å²) in [4.78, 5) is 82.2. The highest BCUT2D eigenvalue weighted by Crippen LogP contribution is 2.59. The predicted molar refractivity (Wildman–Crippen MR) is 192 cm³/mol. The first kappa shape index (κ1) is 41.9. The van der Waals surface area contributed by atoms with Gasteiger partial charge in [-0.05, 0) is 55.0 Å². The zero-order valence-corrected chi connectivity index (χ0v) is 30.9. The molecule has 0 aliphatic carbocycles. The van der Waals surface area contributed by atoms with E-state index in [2.05, 4.69) is 37.2 Å². The summed E-state index contributed by atoms with van der Waals surface area (Å²) < 4.78 is 40.6. The molecule has 3 aromatic carbocycles. The number of benzene rings is 3. The number of nitrogens with one attached hydrogen (secondary N) is 4. The van der Waals surface area contributed by atoms with Gasteiger partial charge in [0.1, 0.15) is 18.1 Å². The van der Waals surface area contributed by atoms with Crippen LogP contribution in [0.4, 0.5) is 8.78 Å². The van der Waals surface area contributed by atoms with Crippen molar-refractivity contribution in [3.63, 3.8) is 0 Å². The summed E-state index contributed by atoms with van der Waals surface area (Å²) >= 11 is 3.39. The van der Waals surface area contributed by atoms with Gasteiger partial charge in [0.25, 0.3) is 5.91 Å². The normalized spacial score (nSPS) is 13.3. The smallest absolute Gasteiger partial charge is 0.368 e. The van der Waals surface area contributed by atoms with Crippen LogP contribution in [0.5, 0.6) is 0 Å². The summed E-state index contributed by atoms with van der Waals surface area (Å²) in [6.45, 7) is 3.38. The van der Waals surface area contributed by atoms with Gasteiger partial charge >= 0.3 is 13.3 Å². The molecule has 0 bridgehead atoms. The number of rotatable bonds is 18. The van der Waals surface area contributed by atoms with Crippen molar-refractivity contribution in [1.29, 1.82) is 0 Å². The number of nitrogens with two attached hydrogens (primary N) is 1. The molecule has 17 heteroatoms. The van der Waals surface area contributed by atoms with Crippen molar-refractivity contribution in [1.82, 2.24) is 21.3 Å². The molecule has 3 aromatic rings. The number of halogens is 3. The number of aryl methyl sites for hydroxylation is 1. The molecule has 0 fully saturated rings. The lowest BCUT2D eigenvalue weighted by molar-refractivity contribution is -0.133. The van der Waals surface area contributed by atoms with Gasteiger partial charge in [0, 0.05) is 41.9 Å². The highest BCUT2D eigenvalue weighted by molar-refractivity contribution is 9.10. The van der Waals surface area contributed by atoms with Gasteiger partial charge in [-0.3, -0.25) is 28.5 Å². The SMILES string of the molecule is CC(=O)N[C@@H](Cc1ccccc1)C(=O)N[C@@H](Cc1ccc(C(F)(F)P(=O)(O)O)cc1)C(=O)N[C@@H](CCCCNC(=O)c1ccc(C)c(Br)c1)C(N)=O. The molecule has 52 heavy (non-hydrogen) atoms. The molecule has 13 nitrogen and oxygen atoms in total. The van der Waals surface area contributed by atoms with Gasteiger partial charge in [-0.15, -0.1) is 0 Å². The van der Waals surface area contributed by atoms with Gasteiger partial charge in [-0.25, -0.2) is 0 Å². The van der Waals surface area contributed by atoms with Crippen molar-refractivity contribution in [2.45, 2.75) is 69.7 Å². The maximum Gasteiger partial charge on any atom is 0.399 e. The standard InChI is InChI=1S/C35H41BrF2N5O8P/c1-21-11-14-25(20-27(21)36)32(46)40-17-7-6-10-28(31(39)45)42-34(48)30(19-24-12-15-26(16-13-24)35(37,38)52(49,50)51)43-33(47)29(41-22(2)44)18-23-8-4-3-5-9-23/h3-5,8-9,11-16,20,28-30H,6-7,10,17-19H2,1-2H3,(H2,39,45)(H,40,46)(H,41,44)(H,42,48)(H,43,47)(H2,49,50,51)/t28-,29-,30-/m0/s1. The lowest BCUT2D eigenvalue weighted by Gasteiger charge is -2.25. The monoisotopic (exact) mass is 807 g/mol. The maximum absolute atomic E-state index is 14.3. The Kier molecular flexibility index (Phi) is 15.2. The molecule has 0 aromatic heterocycles. The van der Waals surface area contributed by atoms with Gasteiger partial charge in [0.15, 0.2) is 0 Å². The molecule has 0 heterocycles. The first-order valence-corrected chi connectivity index (χ1v) is 18.6. The fourth-order valence-electron chi connectivity index (χ4n) is 5.10. The summed E-state index contributed by atoms with van der Waals surface area (Å²) in [6, 6.07) is 14.0. The Balaban J connectivity index is 1.75. The van der Waals surface area contributed by atoms with Crippen LogP contribution in [0.1, 0.15) is 58.8 Å². The van der Waals surface area contributed by atoms with Crippen molar-refractivity contribution < 1.29 is 47.1 Å². The molecule has 280 valence electrons. The highest BCUT2D eigenvalue weighted by Gasteiger charge is 2.50. The van der Waals surface area contributed by atoms with E-state index in [1.54, 1.807) is 48.5 Å². The van der Waals surface area contributed by atoms with Crippen LogP contribution >= 0.6 is 23.5 Å². The van der Waals surface area contributed by atoms with Crippen LogP contribution in [0.3, 0.4) is 0 Å². The Hall–Kier alpha value is -4.50. The molecule has 0 saturated heterocycles. The number of alkyl halides is 2. The van der Waals surface area contributed by atoms with Crippen LogP contribution in [-0.2, 0) is 42.2 Å². The van der Waals surface area contributed by atoms with Crippen molar-refractivity contribution in [3.05, 3.63) is 105 Å². The van der Waals surface area contributed by atoms with E-state index in [0.29, 0.717) is 24.0 Å². The van der Waals surface area contributed by atoms with Crippen molar-refractivity contribution in [3.8, 4) is 0 Å². The van der Waals surface area contributed by atoms with Crippen molar-refractivity contribution >= 4 is 53.1 Å². The lowest BCUT2D eigenvalue weighted by atomic mass is 10.0. The van der Waals surface area contributed by atoms with Crippen LogP contribution in [0, 0.1) is 6.92 Å². The number of amides is 5. The van der Waals surface area contributed by atoms with Gasteiger partial charge in [0.05, 0.1) is 0 Å². The molecular weight excluding hydrogens is 767 g/mol. The van der Waals surface area contributed by atoms with Crippen LogP contribution in [0.2, 0.25) is 0 Å². The lowest BCUT2D eigenvalue weighted by Crippen LogP contribution is -2.57. The molecule has 0 spiro atoms. The second-order valence-corrected chi connectivity index (χ2v) is 14.7. The van der Waals surface area contributed by atoms with Crippen LogP contribution in [0.15, 0.2) is 77.3 Å². The minimum absolute atomic E-state index is 0.0639. The number of hydrogen-bond acceptors (Lipinski definition) is 6. The van der Waals surface area contributed by atoms with Crippen LogP contribution < -0.4 is 27.0 Å². The second-order valence-electron chi connectivity index (χ2n) is 12.2. The molecule has 0 unspecified atom stereocenters. The Labute approximate surface area is 307 Å². The molecule has 0 aliphatic heterocycles. The molecule has 8 N–H and O–H groups in total. The first-order chi connectivity index (χ1) is 24.4. The Morgan fingerprint density at radius 1 is 0.827 bits per heavy atom. The average Bonchev–Trinajstić information content (AvgIpc) is 3.07. The third kappa shape index (κ3) is 12.3.